The largest absolute Gasteiger partial charge is 0.314 e. The van der Waals surface area contributed by atoms with Gasteiger partial charge in [0.2, 0.25) is 10.0 Å². The third kappa shape index (κ3) is 4.23. The Bertz CT molecular complexity index is 355. The van der Waals surface area contributed by atoms with Crippen molar-refractivity contribution in [3.63, 3.8) is 0 Å². The molecule has 0 saturated carbocycles. The molecule has 1 saturated heterocycles. The summed E-state index contributed by atoms with van der Waals surface area (Å²) in [7, 11) is -3.13. The van der Waals surface area contributed by atoms with E-state index in [4.69, 9.17) is 0 Å². The molecule has 0 aliphatic carbocycles. The second kappa shape index (κ2) is 4.86. The molecule has 0 aromatic rings. The summed E-state index contributed by atoms with van der Waals surface area (Å²) in [5, 5.41) is 3.24. The van der Waals surface area contributed by atoms with Crippen LogP contribution in [0.2, 0.25) is 0 Å². The first kappa shape index (κ1) is 14.9. The van der Waals surface area contributed by atoms with E-state index < -0.39 is 10.0 Å². The topological polar surface area (TPSA) is 49.4 Å². The van der Waals surface area contributed by atoms with Crippen molar-refractivity contribution in [3.8, 4) is 0 Å². The highest BCUT2D eigenvalue weighted by Crippen LogP contribution is 2.25. The third-order valence-electron chi connectivity index (χ3n) is 3.17. The van der Waals surface area contributed by atoms with Gasteiger partial charge in [0, 0.05) is 25.2 Å². The Morgan fingerprint density at radius 1 is 1.29 bits per heavy atom. The van der Waals surface area contributed by atoms with Crippen molar-refractivity contribution in [2.24, 2.45) is 5.41 Å². The summed E-state index contributed by atoms with van der Waals surface area (Å²) in [6.07, 6.45) is 0.704. The van der Waals surface area contributed by atoms with E-state index in [0.717, 1.165) is 13.1 Å². The molecule has 0 atom stereocenters. The predicted octanol–water partition coefficient (Wildman–Crippen LogP) is 1.44. The molecular weight excluding hydrogens is 236 g/mol. The molecule has 4 nitrogen and oxygen atoms in total. The van der Waals surface area contributed by atoms with E-state index in [0.29, 0.717) is 13.0 Å². The molecule has 0 aromatic heterocycles. The minimum atomic E-state index is -3.13. The van der Waals surface area contributed by atoms with Gasteiger partial charge in [-0.3, -0.25) is 0 Å². The highest BCUT2D eigenvalue weighted by Gasteiger charge is 2.38. The predicted molar refractivity (Wildman–Crippen MR) is 71.5 cm³/mol. The van der Waals surface area contributed by atoms with E-state index >= 15 is 0 Å². The molecule has 17 heavy (non-hydrogen) atoms. The van der Waals surface area contributed by atoms with E-state index in [1.807, 2.05) is 13.8 Å². The smallest absolute Gasteiger partial charge is 0.214 e. The van der Waals surface area contributed by atoms with Gasteiger partial charge in [-0.2, -0.15) is 4.31 Å². The zero-order valence-electron chi connectivity index (χ0n) is 11.7. The normalized spacial score (nSPS) is 22.6. The molecule has 0 aromatic carbocycles. The first-order valence-corrected chi connectivity index (χ1v) is 7.87. The Hall–Kier alpha value is -0.130. The van der Waals surface area contributed by atoms with E-state index in [-0.39, 0.29) is 16.7 Å². The summed E-state index contributed by atoms with van der Waals surface area (Å²) in [5.41, 5.74) is -0.250. The molecule has 102 valence electrons. The van der Waals surface area contributed by atoms with E-state index in [1.165, 1.54) is 0 Å². The van der Waals surface area contributed by atoms with Crippen LogP contribution in [0.25, 0.3) is 0 Å². The Kier molecular flexibility index (Phi) is 4.27. The Balaban J connectivity index is 2.75. The van der Waals surface area contributed by atoms with Gasteiger partial charge in [0.05, 0.1) is 5.75 Å². The van der Waals surface area contributed by atoms with Gasteiger partial charge >= 0.3 is 0 Å². The Labute approximate surface area is 106 Å². The van der Waals surface area contributed by atoms with Crippen LogP contribution < -0.4 is 5.32 Å². The van der Waals surface area contributed by atoms with Crippen LogP contribution in [0.15, 0.2) is 0 Å². The SMILES string of the molecule is CC(C)(C)CCS(=O)(=O)N1CCNCC1(C)C. The van der Waals surface area contributed by atoms with Crippen LogP contribution in [-0.4, -0.2) is 43.6 Å². The monoisotopic (exact) mass is 262 g/mol. The maximum Gasteiger partial charge on any atom is 0.214 e. The van der Waals surface area contributed by atoms with Gasteiger partial charge < -0.3 is 5.32 Å². The lowest BCUT2D eigenvalue weighted by molar-refractivity contribution is 0.185. The number of sulfonamides is 1. The molecule has 1 heterocycles. The summed E-state index contributed by atoms with van der Waals surface area (Å²) in [5.74, 6) is 0.250. The molecule has 1 fully saturated rings. The zero-order valence-corrected chi connectivity index (χ0v) is 12.5. The summed E-state index contributed by atoms with van der Waals surface area (Å²) >= 11 is 0. The molecule has 0 bridgehead atoms. The standard InChI is InChI=1S/C12H26N2O2S/c1-11(2,3)6-9-17(15,16)14-8-7-13-10-12(14,4)5/h13H,6-10H2,1-5H3. The van der Waals surface area contributed by atoms with Crippen LogP contribution in [0.5, 0.6) is 0 Å². The van der Waals surface area contributed by atoms with Gasteiger partial charge in [-0.05, 0) is 25.7 Å². The van der Waals surface area contributed by atoms with E-state index in [9.17, 15) is 8.42 Å². The molecule has 1 aliphatic heterocycles. The highest BCUT2D eigenvalue weighted by atomic mass is 32.2. The molecule has 0 radical (unpaired) electrons. The van der Waals surface area contributed by atoms with Crippen LogP contribution in [-0.2, 0) is 10.0 Å². The quantitative estimate of drug-likeness (QED) is 0.837. The maximum atomic E-state index is 12.3. The zero-order chi connectivity index (χ0) is 13.3. The van der Waals surface area contributed by atoms with Gasteiger partial charge in [-0.25, -0.2) is 8.42 Å². The van der Waals surface area contributed by atoms with Crippen LogP contribution in [0, 0.1) is 5.41 Å². The van der Waals surface area contributed by atoms with Crippen molar-refractivity contribution in [1.29, 1.82) is 0 Å². The lowest BCUT2D eigenvalue weighted by atomic mass is 9.94. The molecule has 1 aliphatic rings. The van der Waals surface area contributed by atoms with Crippen molar-refractivity contribution in [1.82, 2.24) is 9.62 Å². The van der Waals surface area contributed by atoms with Gasteiger partial charge in [0.25, 0.3) is 0 Å². The minimum Gasteiger partial charge on any atom is -0.314 e. The lowest BCUT2D eigenvalue weighted by Gasteiger charge is -2.41. The molecule has 0 amide bonds. The van der Waals surface area contributed by atoms with E-state index in [1.54, 1.807) is 4.31 Å². The van der Waals surface area contributed by atoms with Gasteiger partial charge in [0.1, 0.15) is 0 Å². The average Bonchev–Trinajstić information content (AvgIpc) is 2.13. The molecule has 5 heteroatoms. The van der Waals surface area contributed by atoms with Crippen molar-refractivity contribution in [3.05, 3.63) is 0 Å². The first-order valence-electron chi connectivity index (χ1n) is 6.26. The Morgan fingerprint density at radius 2 is 1.88 bits per heavy atom. The number of hydrogen-bond donors (Lipinski definition) is 1. The minimum absolute atomic E-state index is 0.0608. The van der Waals surface area contributed by atoms with E-state index in [2.05, 4.69) is 26.1 Å². The van der Waals surface area contributed by atoms with Crippen LogP contribution in [0.1, 0.15) is 41.0 Å². The Morgan fingerprint density at radius 3 is 2.35 bits per heavy atom. The maximum absolute atomic E-state index is 12.3. The fraction of sp³-hybridized carbons (Fsp3) is 1.00. The summed E-state index contributed by atoms with van der Waals surface area (Å²) in [4.78, 5) is 0. The number of nitrogens with zero attached hydrogens (tertiary/aromatic N) is 1. The van der Waals surface area contributed by atoms with Gasteiger partial charge in [0.15, 0.2) is 0 Å². The van der Waals surface area contributed by atoms with Crippen molar-refractivity contribution >= 4 is 10.0 Å². The van der Waals surface area contributed by atoms with Gasteiger partial charge in [-0.15, -0.1) is 0 Å². The molecule has 1 N–H and O–H groups in total. The second-order valence-electron chi connectivity index (χ2n) is 6.69. The molecule has 1 rings (SSSR count). The molecule has 0 spiro atoms. The van der Waals surface area contributed by atoms with Crippen LogP contribution in [0.3, 0.4) is 0 Å². The summed E-state index contributed by atoms with van der Waals surface area (Å²) in [6.45, 7) is 12.2. The fourth-order valence-electron chi connectivity index (χ4n) is 2.03. The third-order valence-corrected chi connectivity index (χ3v) is 5.24. The first-order chi connectivity index (χ1) is 7.55. The fourth-order valence-corrected chi connectivity index (χ4v) is 4.30. The number of hydrogen-bond acceptors (Lipinski definition) is 3. The highest BCUT2D eigenvalue weighted by molar-refractivity contribution is 7.89. The number of piperazine rings is 1. The number of rotatable bonds is 3. The molecule has 0 unspecified atom stereocenters. The average molecular weight is 262 g/mol. The summed E-state index contributed by atoms with van der Waals surface area (Å²) < 4.78 is 26.4. The van der Waals surface area contributed by atoms with Crippen molar-refractivity contribution in [2.75, 3.05) is 25.4 Å². The lowest BCUT2D eigenvalue weighted by Crippen LogP contribution is -2.60. The molecular formula is C12H26N2O2S. The van der Waals surface area contributed by atoms with Crippen molar-refractivity contribution in [2.45, 2.75) is 46.6 Å². The second-order valence-corrected chi connectivity index (χ2v) is 8.70. The van der Waals surface area contributed by atoms with Crippen LogP contribution in [0.4, 0.5) is 0 Å². The van der Waals surface area contributed by atoms with Crippen LogP contribution >= 0.6 is 0 Å². The number of nitrogens with one attached hydrogen (secondary N) is 1. The van der Waals surface area contributed by atoms with Crippen molar-refractivity contribution < 1.29 is 8.42 Å². The van der Waals surface area contributed by atoms with Gasteiger partial charge in [-0.1, -0.05) is 20.8 Å². The summed E-state index contributed by atoms with van der Waals surface area (Å²) in [6, 6.07) is 0.